The summed E-state index contributed by atoms with van der Waals surface area (Å²) >= 11 is 0. The molecule has 15 atom stereocenters. The smallest absolute Gasteiger partial charge is 0.329 e. The predicted molar refractivity (Wildman–Crippen MR) is 309 cm³/mol. The summed E-state index contributed by atoms with van der Waals surface area (Å²) in [5.41, 5.74) is 1.83. The fourth-order valence-corrected chi connectivity index (χ4v) is 12.6. The van der Waals surface area contributed by atoms with Gasteiger partial charge in [0.25, 0.3) is 11.7 Å². The van der Waals surface area contributed by atoms with E-state index in [-0.39, 0.29) is 62.4 Å². The van der Waals surface area contributed by atoms with Crippen molar-refractivity contribution in [2.45, 2.75) is 194 Å². The molecule has 3 saturated heterocycles. The number of fused-ring (bicyclic) bond motifs is 3. The zero-order valence-electron chi connectivity index (χ0n) is 51.2. The highest BCUT2D eigenvalue weighted by atomic mass is 16.7. The van der Waals surface area contributed by atoms with Crippen molar-refractivity contribution in [3.05, 3.63) is 76.9 Å². The SMILES string of the molecule is COc1ccc(C2OCC(C)(C(=O)OC3CCC(CC(C)C4CC(=O)C(C)/C=C(\C)C(O)C(CO)C(=O)C(C)CC(C)/C=C/C=C/C=C(\C)C(OC)CC5CCC(C)C(O)(O5)C(=O)C(=O)N5CCCCC5C(=O)O4)CC3OC)CO2)cc1C. The summed E-state index contributed by atoms with van der Waals surface area (Å²) in [6.07, 6.45) is 10.4. The lowest BCUT2D eigenvalue weighted by Crippen LogP contribution is -2.61. The molecule has 0 aromatic heterocycles. The molecule has 6 rings (SSSR count). The zero-order chi connectivity index (χ0) is 60.9. The number of piperidine rings is 1. The van der Waals surface area contributed by atoms with Crippen LogP contribution in [0.2, 0.25) is 0 Å². The van der Waals surface area contributed by atoms with Gasteiger partial charge in [-0.25, -0.2) is 4.79 Å². The van der Waals surface area contributed by atoms with Crippen LogP contribution in [0.1, 0.15) is 150 Å². The molecule has 0 radical (unpaired) electrons. The van der Waals surface area contributed by atoms with Crippen LogP contribution in [0.3, 0.4) is 0 Å². The highest BCUT2D eigenvalue weighted by Crippen LogP contribution is 2.40. The second-order valence-electron chi connectivity index (χ2n) is 24.8. The number of carbonyl (C=O) groups is 6. The summed E-state index contributed by atoms with van der Waals surface area (Å²) in [4.78, 5) is 86.9. The number of Topliss-reactive ketones (excluding diaryl/α,β-unsaturated/α-hetero) is 3. The fourth-order valence-electron chi connectivity index (χ4n) is 12.6. The summed E-state index contributed by atoms with van der Waals surface area (Å²) in [6, 6.07) is 4.44. The predicted octanol–water partition coefficient (Wildman–Crippen LogP) is 8.39. The Kier molecular flexibility index (Phi) is 24.6. The van der Waals surface area contributed by atoms with Gasteiger partial charge in [-0.1, -0.05) is 77.1 Å². The lowest BCUT2D eigenvalue weighted by molar-refractivity contribution is -0.265. The molecule has 1 aliphatic carbocycles. The molecule has 0 spiro atoms. The van der Waals surface area contributed by atoms with Gasteiger partial charge in [-0.3, -0.25) is 24.0 Å². The lowest BCUT2D eigenvalue weighted by Gasteiger charge is -2.42. The first-order valence-corrected chi connectivity index (χ1v) is 30.0. The normalized spacial score (nSPS) is 37.9. The second-order valence-corrected chi connectivity index (χ2v) is 24.8. The van der Waals surface area contributed by atoms with Crippen molar-refractivity contribution in [2.24, 2.45) is 46.8 Å². The maximum atomic E-state index is 14.7. The Morgan fingerprint density at radius 2 is 1.58 bits per heavy atom. The third-order valence-corrected chi connectivity index (χ3v) is 18.1. The lowest BCUT2D eigenvalue weighted by atomic mass is 9.78. The first-order valence-electron chi connectivity index (χ1n) is 30.0. The summed E-state index contributed by atoms with van der Waals surface area (Å²) in [5, 5.41) is 34.1. The maximum absolute atomic E-state index is 14.7. The van der Waals surface area contributed by atoms with Crippen molar-refractivity contribution >= 4 is 35.2 Å². The van der Waals surface area contributed by atoms with Crippen LogP contribution in [-0.4, -0.2) is 152 Å². The Morgan fingerprint density at radius 3 is 2.24 bits per heavy atom. The van der Waals surface area contributed by atoms with Gasteiger partial charge in [-0.2, -0.15) is 0 Å². The number of aliphatic hydroxyl groups excluding tert-OH is 2. The van der Waals surface area contributed by atoms with Gasteiger partial charge in [0, 0.05) is 56.9 Å². The molecule has 15 unspecified atom stereocenters. The highest BCUT2D eigenvalue weighted by Gasteiger charge is 2.53. The molecule has 4 heterocycles. The Labute approximate surface area is 491 Å². The Bertz CT molecular complexity index is 2530. The molecule has 18 heteroatoms. The number of cyclic esters (lactones) is 1. The van der Waals surface area contributed by atoms with Gasteiger partial charge < -0.3 is 58.1 Å². The van der Waals surface area contributed by atoms with Gasteiger partial charge in [0.2, 0.25) is 5.79 Å². The van der Waals surface area contributed by atoms with Crippen LogP contribution in [0.4, 0.5) is 0 Å². The topological polar surface area (TPSA) is 240 Å². The van der Waals surface area contributed by atoms with Crippen molar-refractivity contribution in [3.8, 4) is 5.75 Å². The number of esters is 2. The van der Waals surface area contributed by atoms with Crippen molar-refractivity contribution in [2.75, 3.05) is 47.7 Å². The molecule has 4 fully saturated rings. The summed E-state index contributed by atoms with van der Waals surface area (Å²) in [5.74, 6) is -9.56. The van der Waals surface area contributed by atoms with E-state index in [9.17, 15) is 44.1 Å². The van der Waals surface area contributed by atoms with Gasteiger partial charge in [0.1, 0.15) is 41.0 Å². The number of rotatable bonds is 10. The third kappa shape index (κ3) is 17.0. The number of aliphatic hydroxyl groups is 3. The number of ketones is 3. The minimum Gasteiger partial charge on any atom is -0.496 e. The van der Waals surface area contributed by atoms with Crippen molar-refractivity contribution in [3.63, 3.8) is 0 Å². The molecule has 2 bridgehead atoms. The van der Waals surface area contributed by atoms with Crippen LogP contribution < -0.4 is 4.74 Å². The highest BCUT2D eigenvalue weighted by molar-refractivity contribution is 6.39. The fraction of sp³-hybridized carbons (Fsp3) is 0.692. The molecule has 18 nitrogen and oxygen atoms in total. The average molecular weight is 1160 g/mol. The van der Waals surface area contributed by atoms with Crippen LogP contribution in [-0.2, 0) is 61.9 Å². The Hall–Kier alpha value is -4.92. The number of carbonyl (C=O) groups excluding carboxylic acids is 6. The summed E-state index contributed by atoms with van der Waals surface area (Å²) in [7, 11) is 4.74. The molecule has 3 N–H and O–H groups in total. The van der Waals surface area contributed by atoms with Crippen LogP contribution in [0.25, 0.3) is 0 Å². The number of hydrogen-bond donors (Lipinski definition) is 3. The van der Waals surface area contributed by atoms with E-state index < -0.39 is 120 Å². The van der Waals surface area contributed by atoms with Crippen LogP contribution >= 0.6 is 0 Å². The van der Waals surface area contributed by atoms with E-state index in [0.29, 0.717) is 63.4 Å². The minimum absolute atomic E-state index is 0.0219. The Balaban J connectivity index is 1.22. The monoisotopic (exact) mass is 1160 g/mol. The largest absolute Gasteiger partial charge is 0.496 e. The van der Waals surface area contributed by atoms with Crippen LogP contribution in [0, 0.1) is 53.8 Å². The molecule has 5 aliphatic rings. The minimum atomic E-state index is -2.47. The van der Waals surface area contributed by atoms with E-state index >= 15 is 0 Å². The van der Waals surface area contributed by atoms with Crippen molar-refractivity contribution in [1.29, 1.82) is 0 Å². The molecule has 1 saturated carbocycles. The van der Waals surface area contributed by atoms with Gasteiger partial charge >= 0.3 is 11.9 Å². The quantitative estimate of drug-likeness (QED) is 0.113. The number of ether oxygens (including phenoxy) is 8. The summed E-state index contributed by atoms with van der Waals surface area (Å²) < 4.78 is 48.1. The average Bonchev–Trinajstić information content (AvgIpc) is 3.60. The summed E-state index contributed by atoms with van der Waals surface area (Å²) in [6.45, 7) is 15.8. The second kappa shape index (κ2) is 30.4. The zero-order valence-corrected chi connectivity index (χ0v) is 51.2. The Morgan fingerprint density at radius 1 is 0.855 bits per heavy atom. The van der Waals surface area contributed by atoms with Gasteiger partial charge in [-0.15, -0.1) is 0 Å². The number of nitrogens with zero attached hydrogens (tertiary/aromatic N) is 1. The first kappa shape index (κ1) is 67.2. The van der Waals surface area contributed by atoms with Crippen LogP contribution in [0.15, 0.2) is 65.8 Å². The first-order chi connectivity index (χ1) is 39.4. The van der Waals surface area contributed by atoms with E-state index in [4.69, 9.17) is 37.9 Å². The number of amides is 1. The molecular weight excluding hydrogens is 1070 g/mol. The van der Waals surface area contributed by atoms with E-state index in [1.807, 2.05) is 76.3 Å². The van der Waals surface area contributed by atoms with E-state index in [1.54, 1.807) is 62.0 Å². The number of allylic oxidation sites excluding steroid dienone is 6. The maximum Gasteiger partial charge on any atom is 0.329 e. The number of hydrogen-bond acceptors (Lipinski definition) is 17. The molecular formula is C65H95NO17. The van der Waals surface area contributed by atoms with Crippen molar-refractivity contribution in [1.82, 2.24) is 4.90 Å². The molecule has 4 aliphatic heterocycles. The van der Waals surface area contributed by atoms with Crippen LogP contribution in [0.5, 0.6) is 5.75 Å². The van der Waals surface area contributed by atoms with Gasteiger partial charge in [0.15, 0.2) is 6.29 Å². The van der Waals surface area contributed by atoms with Crippen molar-refractivity contribution < 1.29 is 82.0 Å². The van der Waals surface area contributed by atoms with Gasteiger partial charge in [0.05, 0.1) is 57.3 Å². The molecule has 1 amide bonds. The molecule has 83 heavy (non-hydrogen) atoms. The molecule has 1 aromatic rings. The van der Waals surface area contributed by atoms with E-state index in [2.05, 4.69) is 0 Å². The third-order valence-electron chi connectivity index (χ3n) is 18.1. The number of methoxy groups -OCH3 is 3. The molecule has 462 valence electrons. The van der Waals surface area contributed by atoms with E-state index in [1.165, 1.54) is 4.90 Å². The standard InChI is InChI=1S/C65H95NO17/c1-38-18-14-13-15-19-39(2)54(77-11)33-48-24-21-45(8)65(75,83-48)59(71)60(72)66-27-17-16-20-50(66)61(73)81-55(34-51(68)40(3)29-44(7)58(70)49(35-67)57(69)43(6)28-38)41(4)30-46-22-25-53(56(32-46)78-12)82-63(74)64(9)36-79-62(80-37-64)47-23-26-52(76-10)42(5)31-47/h13-15,18-19,23,26,29,31,38,40-41,43,45-46,48-50,53-56,58,62,67,70,75H,16-17,20-22,24-25,27-28,30,32-37H2,1-12H3/b15-13+,18-14+,39-19+,44-29+. The van der Waals surface area contributed by atoms with Gasteiger partial charge in [-0.05, 0) is 138 Å². The van der Waals surface area contributed by atoms with E-state index in [0.717, 1.165) is 22.4 Å². The number of aryl methyl sites for hydroxylation is 1. The molecule has 1 aromatic carbocycles. The number of benzene rings is 1.